The predicted molar refractivity (Wildman–Crippen MR) is 115 cm³/mol. The fraction of sp³-hybridized carbons (Fsp3) is 0.600. The minimum Gasteiger partial charge on any atom is -0.355 e. The molecule has 1 aromatic rings. The molecule has 1 heterocycles. The van der Waals surface area contributed by atoms with Gasteiger partial charge in [-0.3, -0.25) is 14.7 Å². The molecule has 27 heavy (non-hydrogen) atoms. The fourth-order valence-corrected chi connectivity index (χ4v) is 3.31. The Morgan fingerprint density at radius 2 is 1.81 bits per heavy atom. The summed E-state index contributed by atoms with van der Waals surface area (Å²) in [4.78, 5) is 18.4. The Morgan fingerprint density at radius 3 is 2.41 bits per heavy atom. The molecule has 1 saturated heterocycles. The summed E-state index contributed by atoms with van der Waals surface area (Å²) in [6.07, 6.45) is 2.20. The second kappa shape index (κ2) is 11.3. The summed E-state index contributed by atoms with van der Waals surface area (Å²) in [5.41, 5.74) is 1.35. The summed E-state index contributed by atoms with van der Waals surface area (Å²) in [6, 6.07) is 8.99. The molecule has 150 valence electrons. The molecule has 2 rings (SSSR count). The summed E-state index contributed by atoms with van der Waals surface area (Å²) in [5, 5.41) is 9.68. The van der Waals surface area contributed by atoms with E-state index in [1.54, 1.807) is 7.05 Å². The maximum Gasteiger partial charge on any atom is 0.222 e. The van der Waals surface area contributed by atoms with Gasteiger partial charge >= 0.3 is 0 Å². The molecule has 0 atom stereocenters. The van der Waals surface area contributed by atoms with Gasteiger partial charge in [-0.2, -0.15) is 0 Å². The Bertz CT molecular complexity index is 609. The molecule has 6 nitrogen and oxygen atoms in total. The van der Waals surface area contributed by atoms with E-state index in [2.05, 4.69) is 66.0 Å². The van der Waals surface area contributed by atoms with Crippen LogP contribution in [0.5, 0.6) is 0 Å². The van der Waals surface area contributed by atoms with Gasteiger partial charge in [0.05, 0.1) is 0 Å². The zero-order chi connectivity index (χ0) is 19.6. The lowest BCUT2D eigenvalue weighted by molar-refractivity contribution is -0.123. The third-order valence-corrected chi connectivity index (χ3v) is 5.24. The summed E-state index contributed by atoms with van der Waals surface area (Å²) in [7, 11) is 1.78. The highest BCUT2D eigenvalue weighted by Gasteiger charge is 2.20. The van der Waals surface area contributed by atoms with E-state index in [1.807, 2.05) is 13.8 Å². The number of piperidine rings is 1. The predicted octanol–water partition coefficient (Wildman–Crippen LogP) is 2.35. The third kappa shape index (κ3) is 7.89. The van der Waals surface area contributed by atoms with Crippen molar-refractivity contribution in [3.8, 4) is 0 Å². The lowest BCUT2D eigenvalue weighted by atomic mass is 10.0. The molecule has 0 spiro atoms. The molecule has 1 amide bonds. The van der Waals surface area contributed by atoms with Crippen LogP contribution < -0.4 is 16.0 Å². The summed E-state index contributed by atoms with van der Waals surface area (Å²) >= 11 is 3.48. The molecule has 0 unspecified atom stereocenters. The van der Waals surface area contributed by atoms with E-state index in [1.165, 1.54) is 5.56 Å². The van der Waals surface area contributed by atoms with Crippen molar-refractivity contribution in [1.82, 2.24) is 20.9 Å². The van der Waals surface area contributed by atoms with Crippen LogP contribution in [0.1, 0.15) is 32.3 Å². The van der Waals surface area contributed by atoms with E-state index in [0.717, 1.165) is 42.9 Å². The number of aliphatic imine (C=N–C) groups is 1. The van der Waals surface area contributed by atoms with Gasteiger partial charge in [0.25, 0.3) is 0 Å². The average Bonchev–Trinajstić information content (AvgIpc) is 2.67. The minimum atomic E-state index is 0.0185. The van der Waals surface area contributed by atoms with Crippen LogP contribution in [0.25, 0.3) is 0 Å². The highest BCUT2D eigenvalue weighted by atomic mass is 79.9. The number of guanidine groups is 1. The van der Waals surface area contributed by atoms with Crippen molar-refractivity contribution < 1.29 is 4.79 Å². The second-order valence-electron chi connectivity index (χ2n) is 7.27. The van der Waals surface area contributed by atoms with Gasteiger partial charge in [-0.05, 0) is 30.5 Å². The van der Waals surface area contributed by atoms with Crippen LogP contribution in [0.3, 0.4) is 0 Å². The number of carbonyl (C=O) groups is 1. The van der Waals surface area contributed by atoms with E-state index in [0.29, 0.717) is 19.1 Å². The number of nitrogens with one attached hydrogen (secondary N) is 3. The van der Waals surface area contributed by atoms with E-state index in [-0.39, 0.29) is 11.8 Å². The van der Waals surface area contributed by atoms with Gasteiger partial charge in [0.1, 0.15) is 0 Å². The minimum absolute atomic E-state index is 0.0185. The molecule has 0 saturated carbocycles. The van der Waals surface area contributed by atoms with E-state index < -0.39 is 0 Å². The molecule has 3 N–H and O–H groups in total. The van der Waals surface area contributed by atoms with Crippen LogP contribution in [-0.4, -0.2) is 56.0 Å². The van der Waals surface area contributed by atoms with Crippen LogP contribution in [0.2, 0.25) is 0 Å². The Hall–Kier alpha value is -1.60. The van der Waals surface area contributed by atoms with Gasteiger partial charge in [0.2, 0.25) is 5.91 Å². The summed E-state index contributed by atoms with van der Waals surface area (Å²) < 4.78 is 1.12. The number of rotatable bonds is 7. The number of amides is 1. The van der Waals surface area contributed by atoms with Crippen molar-refractivity contribution >= 4 is 27.8 Å². The van der Waals surface area contributed by atoms with Crippen LogP contribution in [0.4, 0.5) is 0 Å². The van der Waals surface area contributed by atoms with Crippen LogP contribution in [0, 0.1) is 5.92 Å². The molecule has 0 aromatic heterocycles. The number of hydrogen-bond donors (Lipinski definition) is 3. The number of carbonyl (C=O) groups excluding carboxylic acids is 1. The molecular formula is C20H32BrN5O. The number of nitrogens with zero attached hydrogens (tertiary/aromatic N) is 2. The maximum absolute atomic E-state index is 11.6. The number of likely N-dealkylation sites (tertiary alicyclic amines) is 1. The molecular weight excluding hydrogens is 406 g/mol. The van der Waals surface area contributed by atoms with E-state index >= 15 is 0 Å². The topological polar surface area (TPSA) is 68.8 Å². The van der Waals surface area contributed by atoms with Crippen LogP contribution in [0.15, 0.2) is 33.7 Å². The van der Waals surface area contributed by atoms with Crippen LogP contribution in [-0.2, 0) is 11.3 Å². The normalized spacial score (nSPS) is 16.4. The standard InChI is InChI=1S/C20H32BrN5O/c1-15(2)19(27)23-10-11-24-20(22-3)25-18-8-12-26(13-9-18)14-16-4-6-17(21)7-5-16/h4-7,15,18H,8-14H2,1-3H3,(H,23,27)(H2,22,24,25). The van der Waals surface area contributed by atoms with Crippen molar-refractivity contribution in [2.24, 2.45) is 10.9 Å². The lowest BCUT2D eigenvalue weighted by Crippen LogP contribution is -2.49. The number of benzene rings is 1. The molecule has 1 fully saturated rings. The largest absolute Gasteiger partial charge is 0.355 e. The zero-order valence-corrected chi connectivity index (χ0v) is 18.2. The molecule has 1 aromatic carbocycles. The quantitative estimate of drug-likeness (QED) is 0.347. The van der Waals surface area contributed by atoms with Crippen molar-refractivity contribution in [2.45, 2.75) is 39.3 Å². The Balaban J connectivity index is 1.66. The monoisotopic (exact) mass is 437 g/mol. The SMILES string of the molecule is CN=C(NCCNC(=O)C(C)C)NC1CCN(Cc2ccc(Br)cc2)CC1. The van der Waals surface area contributed by atoms with Gasteiger partial charge in [-0.1, -0.05) is 41.9 Å². The molecule has 7 heteroatoms. The highest BCUT2D eigenvalue weighted by Crippen LogP contribution is 2.16. The fourth-order valence-electron chi connectivity index (χ4n) is 3.04. The molecule has 0 radical (unpaired) electrons. The number of halogens is 1. The lowest BCUT2D eigenvalue weighted by Gasteiger charge is -2.33. The van der Waals surface area contributed by atoms with Crippen molar-refractivity contribution in [3.63, 3.8) is 0 Å². The Labute approximate surface area is 171 Å². The first-order valence-corrected chi connectivity index (χ1v) is 10.5. The first-order chi connectivity index (χ1) is 13.0. The smallest absolute Gasteiger partial charge is 0.222 e. The van der Waals surface area contributed by atoms with Gasteiger partial charge < -0.3 is 16.0 Å². The third-order valence-electron chi connectivity index (χ3n) is 4.71. The highest BCUT2D eigenvalue weighted by molar-refractivity contribution is 9.10. The van der Waals surface area contributed by atoms with E-state index in [4.69, 9.17) is 0 Å². The van der Waals surface area contributed by atoms with Crippen molar-refractivity contribution in [2.75, 3.05) is 33.2 Å². The summed E-state index contributed by atoms with van der Waals surface area (Å²) in [5.74, 6) is 0.906. The first-order valence-electron chi connectivity index (χ1n) is 9.69. The molecule has 0 aliphatic carbocycles. The maximum atomic E-state index is 11.6. The number of hydrogen-bond acceptors (Lipinski definition) is 3. The van der Waals surface area contributed by atoms with Gasteiger partial charge in [-0.15, -0.1) is 0 Å². The molecule has 1 aliphatic rings. The molecule has 1 aliphatic heterocycles. The van der Waals surface area contributed by atoms with Crippen molar-refractivity contribution in [3.05, 3.63) is 34.3 Å². The Kier molecular flexibility index (Phi) is 9.07. The van der Waals surface area contributed by atoms with Gasteiger partial charge in [-0.25, -0.2) is 0 Å². The second-order valence-corrected chi connectivity index (χ2v) is 8.18. The molecule has 0 bridgehead atoms. The summed E-state index contributed by atoms with van der Waals surface area (Å²) in [6.45, 7) is 8.22. The Morgan fingerprint density at radius 1 is 1.19 bits per heavy atom. The average molecular weight is 438 g/mol. The zero-order valence-electron chi connectivity index (χ0n) is 16.6. The van der Waals surface area contributed by atoms with Crippen molar-refractivity contribution in [1.29, 1.82) is 0 Å². The van der Waals surface area contributed by atoms with Crippen LogP contribution >= 0.6 is 15.9 Å². The van der Waals surface area contributed by atoms with Gasteiger partial charge in [0, 0.05) is 56.2 Å². The first kappa shape index (κ1) is 21.7. The van der Waals surface area contributed by atoms with E-state index in [9.17, 15) is 4.79 Å². The van der Waals surface area contributed by atoms with Gasteiger partial charge in [0.15, 0.2) is 5.96 Å².